The molecule has 0 aromatic heterocycles. The average molecular weight is 398 g/mol. The van der Waals surface area contributed by atoms with Gasteiger partial charge in [-0.25, -0.2) is 0 Å². The van der Waals surface area contributed by atoms with Gasteiger partial charge in [-0.3, -0.25) is 4.79 Å². The Hall–Kier alpha value is -2.73. The van der Waals surface area contributed by atoms with Crippen molar-refractivity contribution in [3.8, 4) is 17.2 Å². The van der Waals surface area contributed by atoms with Gasteiger partial charge < -0.3 is 25.0 Å². The number of rotatable bonds is 9. The minimum Gasteiger partial charge on any atom is -0.497 e. The lowest BCUT2D eigenvalue weighted by Gasteiger charge is -2.21. The summed E-state index contributed by atoms with van der Waals surface area (Å²) in [5, 5.41) is 6.97. The SMILES string of the molecule is CCN(CC)C(=O)c1ccc(NC[C@@H]2CCCN2)c(Oc2ccc(OC)cc2)c1. The van der Waals surface area contributed by atoms with Crippen molar-refractivity contribution in [3.63, 3.8) is 0 Å². The molecule has 6 heteroatoms. The van der Waals surface area contributed by atoms with Gasteiger partial charge in [0.2, 0.25) is 0 Å². The zero-order valence-corrected chi connectivity index (χ0v) is 17.5. The summed E-state index contributed by atoms with van der Waals surface area (Å²) in [5.41, 5.74) is 1.51. The normalized spacial score (nSPS) is 15.8. The molecule has 1 saturated heterocycles. The van der Waals surface area contributed by atoms with Crippen LogP contribution in [0.4, 0.5) is 5.69 Å². The summed E-state index contributed by atoms with van der Waals surface area (Å²) >= 11 is 0. The molecule has 0 bridgehead atoms. The molecule has 2 aromatic rings. The standard InChI is InChI=1S/C23H31N3O3/c1-4-26(5-2)23(27)17-8-13-21(25-16-18-7-6-14-24-18)22(15-17)29-20-11-9-19(28-3)10-12-20/h8-13,15,18,24-25H,4-7,14,16H2,1-3H3/t18-/m0/s1. The van der Waals surface area contributed by atoms with E-state index in [9.17, 15) is 4.79 Å². The van der Waals surface area contributed by atoms with Gasteiger partial charge in [0.1, 0.15) is 11.5 Å². The summed E-state index contributed by atoms with van der Waals surface area (Å²) in [6, 6.07) is 13.5. The molecular formula is C23H31N3O3. The summed E-state index contributed by atoms with van der Waals surface area (Å²) in [6.45, 7) is 7.22. The van der Waals surface area contributed by atoms with Crippen LogP contribution in [0.5, 0.6) is 17.2 Å². The predicted octanol–water partition coefficient (Wildman–Crippen LogP) is 4.13. The van der Waals surface area contributed by atoms with E-state index in [2.05, 4.69) is 10.6 Å². The molecule has 0 aliphatic carbocycles. The molecule has 1 atom stereocenters. The molecule has 0 spiro atoms. The van der Waals surface area contributed by atoms with E-state index in [-0.39, 0.29) is 5.91 Å². The van der Waals surface area contributed by atoms with Crippen molar-refractivity contribution < 1.29 is 14.3 Å². The second-order valence-electron chi connectivity index (χ2n) is 7.14. The molecule has 1 heterocycles. The fraction of sp³-hybridized carbons (Fsp3) is 0.435. The maximum absolute atomic E-state index is 12.8. The van der Waals surface area contributed by atoms with E-state index in [1.165, 1.54) is 12.8 Å². The second kappa shape index (κ2) is 10.2. The van der Waals surface area contributed by atoms with Crippen molar-refractivity contribution in [2.24, 2.45) is 0 Å². The molecule has 0 saturated carbocycles. The van der Waals surface area contributed by atoms with E-state index in [4.69, 9.17) is 9.47 Å². The van der Waals surface area contributed by atoms with Crippen molar-refractivity contribution >= 4 is 11.6 Å². The highest BCUT2D eigenvalue weighted by Crippen LogP contribution is 2.32. The number of carbonyl (C=O) groups is 1. The molecule has 156 valence electrons. The zero-order chi connectivity index (χ0) is 20.6. The summed E-state index contributed by atoms with van der Waals surface area (Å²) in [7, 11) is 1.64. The van der Waals surface area contributed by atoms with Crippen LogP contribution >= 0.6 is 0 Å². The Morgan fingerprint density at radius 2 is 1.86 bits per heavy atom. The lowest BCUT2D eigenvalue weighted by atomic mass is 10.1. The van der Waals surface area contributed by atoms with Crippen LogP contribution in [-0.4, -0.2) is 50.1 Å². The first kappa shape index (κ1) is 21.0. The van der Waals surface area contributed by atoms with Gasteiger partial charge in [0.05, 0.1) is 12.8 Å². The topological polar surface area (TPSA) is 62.8 Å². The van der Waals surface area contributed by atoms with E-state index >= 15 is 0 Å². The van der Waals surface area contributed by atoms with E-state index in [1.807, 2.05) is 61.2 Å². The van der Waals surface area contributed by atoms with Gasteiger partial charge in [-0.1, -0.05) is 0 Å². The van der Waals surface area contributed by atoms with Gasteiger partial charge in [0.25, 0.3) is 5.91 Å². The van der Waals surface area contributed by atoms with E-state index in [0.29, 0.717) is 36.2 Å². The summed E-state index contributed by atoms with van der Waals surface area (Å²) < 4.78 is 11.4. The number of benzene rings is 2. The molecule has 3 rings (SSSR count). The third kappa shape index (κ3) is 5.41. The van der Waals surface area contributed by atoms with E-state index in [1.54, 1.807) is 7.11 Å². The number of carbonyl (C=O) groups excluding carboxylic acids is 1. The molecule has 1 aliphatic heterocycles. The average Bonchev–Trinajstić information content (AvgIpc) is 3.28. The largest absolute Gasteiger partial charge is 0.497 e. The first-order chi connectivity index (χ1) is 14.1. The van der Waals surface area contributed by atoms with Crippen LogP contribution < -0.4 is 20.1 Å². The minimum absolute atomic E-state index is 0.0126. The second-order valence-corrected chi connectivity index (χ2v) is 7.14. The molecular weight excluding hydrogens is 366 g/mol. The Morgan fingerprint density at radius 1 is 1.14 bits per heavy atom. The fourth-order valence-electron chi connectivity index (χ4n) is 3.51. The van der Waals surface area contributed by atoms with Gasteiger partial charge in [-0.15, -0.1) is 0 Å². The predicted molar refractivity (Wildman–Crippen MR) is 116 cm³/mol. The number of amides is 1. The fourth-order valence-corrected chi connectivity index (χ4v) is 3.51. The van der Waals surface area contributed by atoms with Gasteiger partial charge in [0.15, 0.2) is 5.75 Å². The van der Waals surface area contributed by atoms with Crippen LogP contribution in [0.1, 0.15) is 37.0 Å². The Labute approximate surface area is 173 Å². The summed E-state index contributed by atoms with van der Waals surface area (Å²) in [5.74, 6) is 2.12. The molecule has 0 radical (unpaired) electrons. The Kier molecular flexibility index (Phi) is 7.36. The van der Waals surface area contributed by atoms with Crippen molar-refractivity contribution in [1.82, 2.24) is 10.2 Å². The number of anilines is 1. The maximum atomic E-state index is 12.8. The Morgan fingerprint density at radius 3 is 2.48 bits per heavy atom. The Balaban J connectivity index is 1.84. The highest BCUT2D eigenvalue weighted by Gasteiger charge is 2.18. The van der Waals surface area contributed by atoms with E-state index < -0.39 is 0 Å². The summed E-state index contributed by atoms with van der Waals surface area (Å²) in [4.78, 5) is 14.6. The number of ether oxygens (including phenoxy) is 2. The molecule has 1 amide bonds. The van der Waals surface area contributed by atoms with Crippen LogP contribution in [0.25, 0.3) is 0 Å². The molecule has 0 unspecified atom stereocenters. The van der Waals surface area contributed by atoms with Gasteiger partial charge in [0, 0.05) is 31.2 Å². The quantitative estimate of drug-likeness (QED) is 0.666. The number of nitrogens with one attached hydrogen (secondary N) is 2. The molecule has 29 heavy (non-hydrogen) atoms. The highest BCUT2D eigenvalue weighted by atomic mass is 16.5. The number of hydrogen-bond donors (Lipinski definition) is 2. The van der Waals surface area contributed by atoms with Gasteiger partial charge in [-0.05, 0) is 75.7 Å². The lowest BCUT2D eigenvalue weighted by molar-refractivity contribution is 0.0772. The highest BCUT2D eigenvalue weighted by molar-refractivity contribution is 5.95. The molecule has 6 nitrogen and oxygen atoms in total. The third-order valence-corrected chi connectivity index (χ3v) is 5.27. The molecule has 1 aliphatic rings. The van der Waals surface area contributed by atoms with Crippen LogP contribution in [0, 0.1) is 0 Å². The van der Waals surface area contributed by atoms with Crippen LogP contribution in [0.2, 0.25) is 0 Å². The van der Waals surface area contributed by atoms with Crippen LogP contribution in [0.15, 0.2) is 42.5 Å². The number of hydrogen-bond acceptors (Lipinski definition) is 5. The van der Waals surface area contributed by atoms with Crippen molar-refractivity contribution in [2.45, 2.75) is 32.7 Å². The first-order valence-corrected chi connectivity index (χ1v) is 10.4. The zero-order valence-electron chi connectivity index (χ0n) is 17.5. The first-order valence-electron chi connectivity index (χ1n) is 10.4. The number of methoxy groups -OCH3 is 1. The maximum Gasteiger partial charge on any atom is 0.253 e. The third-order valence-electron chi connectivity index (χ3n) is 5.27. The van der Waals surface area contributed by atoms with Crippen LogP contribution in [-0.2, 0) is 0 Å². The molecule has 1 fully saturated rings. The van der Waals surface area contributed by atoms with Crippen molar-refractivity contribution in [1.29, 1.82) is 0 Å². The van der Waals surface area contributed by atoms with Crippen molar-refractivity contribution in [2.75, 3.05) is 38.6 Å². The van der Waals surface area contributed by atoms with Gasteiger partial charge >= 0.3 is 0 Å². The monoisotopic (exact) mass is 397 g/mol. The minimum atomic E-state index is 0.0126. The molecule has 2 aromatic carbocycles. The molecule has 2 N–H and O–H groups in total. The number of nitrogens with zero attached hydrogens (tertiary/aromatic N) is 1. The Bertz CT molecular complexity index is 798. The summed E-state index contributed by atoms with van der Waals surface area (Å²) in [6.07, 6.45) is 2.37. The lowest BCUT2D eigenvalue weighted by Crippen LogP contribution is -2.30. The smallest absolute Gasteiger partial charge is 0.253 e. The van der Waals surface area contributed by atoms with E-state index in [0.717, 1.165) is 24.5 Å². The van der Waals surface area contributed by atoms with Gasteiger partial charge in [-0.2, -0.15) is 0 Å². The van der Waals surface area contributed by atoms with Crippen LogP contribution in [0.3, 0.4) is 0 Å². The van der Waals surface area contributed by atoms with Crippen molar-refractivity contribution in [3.05, 3.63) is 48.0 Å².